The Kier molecular flexibility index (Phi) is 23.5. The zero-order valence-corrected chi connectivity index (χ0v) is 11.5. The molecule has 0 saturated heterocycles. The van der Waals surface area contributed by atoms with E-state index in [2.05, 4.69) is 12.2 Å². The van der Waals surface area contributed by atoms with E-state index in [1.54, 1.807) is 22.5 Å². The second-order valence-corrected chi connectivity index (χ2v) is 5.61. The Balaban J connectivity index is -0.000000245. The number of nitrogens with one attached hydrogen (secondary N) is 1. The molecule has 0 aliphatic rings. The van der Waals surface area contributed by atoms with E-state index < -0.39 is 0 Å². The molecule has 0 amide bonds. The molecule has 10 heavy (non-hydrogen) atoms. The fourth-order valence-corrected chi connectivity index (χ4v) is 2.02. The number of halogens is 2. The molecule has 3 radical (unpaired) electrons. The molecule has 0 aromatic heterocycles. The zero-order valence-electron chi connectivity index (χ0n) is 6.22. The standard InChI is InChI=1S/C5H12NS.2ClH.Sn/c1-3-4-7-5-6-2;;;/h3,6H,4-5H2,1-2H3;2*1H;. The minimum atomic E-state index is 0. The van der Waals surface area contributed by atoms with Crippen molar-refractivity contribution in [1.29, 1.82) is 0 Å². The Morgan fingerprint density at radius 3 is 2.30 bits per heavy atom. The number of hydrogen-bond acceptors (Lipinski definition) is 2. The van der Waals surface area contributed by atoms with Crippen molar-refractivity contribution < 1.29 is 0 Å². The van der Waals surface area contributed by atoms with Crippen molar-refractivity contribution in [3.63, 3.8) is 0 Å². The first kappa shape index (κ1) is 17.7. The summed E-state index contributed by atoms with van der Waals surface area (Å²) in [5, 5.41) is 3.10. The minimum Gasteiger partial charge on any atom is -0.147 e. The molecule has 0 aromatic carbocycles. The van der Waals surface area contributed by atoms with Gasteiger partial charge in [-0.2, -0.15) is 0 Å². The van der Waals surface area contributed by atoms with Crippen molar-refractivity contribution in [1.82, 2.24) is 5.32 Å². The smallest absolute Gasteiger partial charge is 0.147 e. The monoisotopic (exact) mass is 310 g/mol. The first-order valence-electron chi connectivity index (χ1n) is 2.71. The molecule has 0 saturated carbocycles. The number of rotatable bonds is 4. The van der Waals surface area contributed by atoms with Crippen LogP contribution in [0.15, 0.2) is 0 Å². The van der Waals surface area contributed by atoms with Crippen molar-refractivity contribution in [2.75, 3.05) is 18.7 Å². The van der Waals surface area contributed by atoms with Crippen LogP contribution in [0.1, 0.15) is 6.92 Å². The second-order valence-electron chi connectivity index (χ2n) is 1.77. The molecular weight excluding hydrogens is 296 g/mol. The molecule has 1 atom stereocenters. The molecule has 63 valence electrons. The second kappa shape index (κ2) is 13.3. The summed E-state index contributed by atoms with van der Waals surface area (Å²) < 4.78 is 0.917. The fourth-order valence-electron chi connectivity index (χ4n) is 0.338. The summed E-state index contributed by atoms with van der Waals surface area (Å²) in [7, 11) is 1.99. The van der Waals surface area contributed by atoms with E-state index in [9.17, 15) is 0 Å². The summed E-state index contributed by atoms with van der Waals surface area (Å²) in [4.78, 5) is 0. The van der Waals surface area contributed by atoms with Gasteiger partial charge in [0.05, 0.1) is 0 Å². The van der Waals surface area contributed by atoms with E-state index in [1.165, 1.54) is 5.75 Å². The zero-order chi connectivity index (χ0) is 6.41. The molecule has 0 bridgehead atoms. The van der Waals surface area contributed by atoms with Crippen LogP contribution in [0, 0.1) is 0 Å². The molecule has 0 fully saturated rings. The molecule has 1 N–H and O–H groups in total. The summed E-state index contributed by atoms with van der Waals surface area (Å²) in [6, 6.07) is 0. The molecule has 1 unspecified atom stereocenters. The molecule has 1 nitrogen and oxygen atoms in total. The van der Waals surface area contributed by atoms with Gasteiger partial charge in [-0.05, 0) is 0 Å². The summed E-state index contributed by atoms with van der Waals surface area (Å²) in [5.41, 5.74) is 0. The molecule has 0 aliphatic heterocycles. The Morgan fingerprint density at radius 1 is 1.50 bits per heavy atom. The van der Waals surface area contributed by atoms with E-state index in [0.717, 1.165) is 9.81 Å². The normalized spacial score (nSPS) is 11.1. The average molecular weight is 310 g/mol. The van der Waals surface area contributed by atoms with Crippen LogP contribution in [0.25, 0.3) is 0 Å². The molecule has 0 aliphatic carbocycles. The third-order valence-corrected chi connectivity index (χ3v) is 3.27. The predicted molar refractivity (Wildman–Crippen MR) is 56.1 cm³/mol. The van der Waals surface area contributed by atoms with Crippen LogP contribution in [0.3, 0.4) is 0 Å². The van der Waals surface area contributed by atoms with Crippen molar-refractivity contribution in [2.45, 2.75) is 10.9 Å². The molecule has 0 aromatic rings. The van der Waals surface area contributed by atoms with Crippen LogP contribution in [0.5, 0.6) is 0 Å². The Bertz CT molecular complexity index is 56.9. The van der Waals surface area contributed by atoms with Crippen LogP contribution >= 0.6 is 36.6 Å². The van der Waals surface area contributed by atoms with E-state index in [4.69, 9.17) is 0 Å². The van der Waals surface area contributed by atoms with Gasteiger partial charge in [0.1, 0.15) is 0 Å². The van der Waals surface area contributed by atoms with Gasteiger partial charge in [-0.25, -0.2) is 0 Å². The summed E-state index contributed by atoms with van der Waals surface area (Å²) >= 11 is 3.63. The van der Waals surface area contributed by atoms with Crippen LogP contribution in [-0.4, -0.2) is 41.2 Å². The summed E-state index contributed by atoms with van der Waals surface area (Å²) in [6.07, 6.45) is 0. The van der Waals surface area contributed by atoms with Crippen LogP contribution in [0.4, 0.5) is 0 Å². The van der Waals surface area contributed by atoms with Crippen LogP contribution < -0.4 is 5.32 Å². The van der Waals surface area contributed by atoms with Gasteiger partial charge >= 0.3 is 69.1 Å². The van der Waals surface area contributed by atoms with Crippen LogP contribution in [0.2, 0.25) is 3.93 Å². The van der Waals surface area contributed by atoms with Crippen molar-refractivity contribution in [3.8, 4) is 0 Å². The van der Waals surface area contributed by atoms with Gasteiger partial charge in [-0.3, -0.25) is 0 Å². The van der Waals surface area contributed by atoms with Gasteiger partial charge in [0, 0.05) is 0 Å². The van der Waals surface area contributed by atoms with Crippen molar-refractivity contribution in [2.24, 2.45) is 0 Å². The third-order valence-electron chi connectivity index (χ3n) is 0.614. The Labute approximate surface area is 93.4 Å². The maximum absolute atomic E-state index is 3.10. The van der Waals surface area contributed by atoms with Crippen molar-refractivity contribution >= 4 is 59.1 Å². The molecule has 0 heterocycles. The Morgan fingerprint density at radius 2 is 2.00 bits per heavy atom. The maximum Gasteiger partial charge on any atom is -0.147 e. The molecular formula is C5H14Cl2NSSn. The van der Waals surface area contributed by atoms with Gasteiger partial charge in [-0.15, -0.1) is 24.8 Å². The summed E-state index contributed by atoms with van der Waals surface area (Å²) in [5.74, 6) is 2.40. The van der Waals surface area contributed by atoms with E-state index in [1.807, 2.05) is 18.8 Å². The third kappa shape index (κ3) is 16.3. The Hall–Kier alpha value is 1.69. The van der Waals surface area contributed by atoms with E-state index in [-0.39, 0.29) is 24.8 Å². The van der Waals surface area contributed by atoms with Gasteiger partial charge in [0.2, 0.25) is 0 Å². The van der Waals surface area contributed by atoms with Crippen molar-refractivity contribution in [3.05, 3.63) is 0 Å². The molecule has 0 rings (SSSR count). The minimum absolute atomic E-state index is 0. The van der Waals surface area contributed by atoms with Gasteiger partial charge in [0.25, 0.3) is 0 Å². The first-order chi connectivity index (χ1) is 3.77. The van der Waals surface area contributed by atoms with Gasteiger partial charge < -0.3 is 0 Å². The largest absolute Gasteiger partial charge is 0.147 e. The average Bonchev–Trinajstić information content (AvgIpc) is 1.66. The fraction of sp³-hybridized carbons (Fsp3) is 1.00. The summed E-state index contributed by atoms with van der Waals surface area (Å²) in [6.45, 7) is 2.28. The number of thioether (sulfide) groups is 1. The molecule has 5 heteroatoms. The SMILES string of the molecule is CNCSC[CH](C)[Sn].Cl.Cl. The van der Waals surface area contributed by atoms with E-state index >= 15 is 0 Å². The van der Waals surface area contributed by atoms with Gasteiger partial charge in [0.15, 0.2) is 0 Å². The van der Waals surface area contributed by atoms with Crippen LogP contribution in [-0.2, 0) is 0 Å². The predicted octanol–water partition coefficient (Wildman–Crippen LogP) is 1.72. The van der Waals surface area contributed by atoms with E-state index in [0.29, 0.717) is 0 Å². The van der Waals surface area contributed by atoms with Gasteiger partial charge in [-0.1, -0.05) is 0 Å². The maximum atomic E-state index is 3.10. The molecule has 0 spiro atoms. The quantitative estimate of drug-likeness (QED) is 0.482. The number of hydrogen-bond donors (Lipinski definition) is 1. The first-order valence-corrected chi connectivity index (χ1v) is 5.51. The topological polar surface area (TPSA) is 12.0 Å².